The number of nitrogens with one attached hydrogen (secondary N) is 2. The highest BCUT2D eigenvalue weighted by atomic mass is 16.3. The second-order valence-corrected chi connectivity index (χ2v) is 11.8. The van der Waals surface area contributed by atoms with Crippen molar-refractivity contribution in [2.45, 2.75) is 63.6 Å². The molecular weight excluding hydrogens is 574 g/mol. The highest BCUT2D eigenvalue weighted by molar-refractivity contribution is 6.05. The van der Waals surface area contributed by atoms with Crippen LogP contribution < -0.4 is 16.4 Å². The van der Waals surface area contributed by atoms with Gasteiger partial charge in [0.05, 0.1) is 12.6 Å². The minimum atomic E-state index is -0.660. The second-order valence-electron chi connectivity index (χ2n) is 11.8. The van der Waals surface area contributed by atoms with Crippen molar-refractivity contribution in [3.8, 4) is 11.8 Å². The summed E-state index contributed by atoms with van der Waals surface area (Å²) in [6.07, 6.45) is 4.29. The quantitative estimate of drug-likeness (QED) is 0.243. The Balaban J connectivity index is 1.07. The van der Waals surface area contributed by atoms with Gasteiger partial charge in [-0.3, -0.25) is 29.3 Å². The summed E-state index contributed by atoms with van der Waals surface area (Å²) >= 11 is 0. The first kappa shape index (κ1) is 31.9. The highest BCUT2D eigenvalue weighted by Gasteiger charge is 2.39. The number of likely N-dealkylation sites (tertiary alicyclic amines) is 1. The first-order valence-electron chi connectivity index (χ1n) is 15.5. The van der Waals surface area contributed by atoms with E-state index in [1.54, 1.807) is 36.4 Å². The molecule has 0 radical (unpaired) electrons. The van der Waals surface area contributed by atoms with E-state index < -0.39 is 18.0 Å². The third-order valence-electron chi connectivity index (χ3n) is 8.80. The average molecular weight is 614 g/mol. The normalized spacial score (nSPS) is 19.0. The highest BCUT2D eigenvalue weighted by Crippen LogP contribution is 2.29. The predicted molar refractivity (Wildman–Crippen MR) is 165 cm³/mol. The Morgan fingerprint density at radius 3 is 2.53 bits per heavy atom. The van der Waals surface area contributed by atoms with Gasteiger partial charge in [-0.25, -0.2) is 0 Å². The smallest absolute Gasteiger partial charge is 0.255 e. The maximum Gasteiger partial charge on any atom is 0.255 e. The van der Waals surface area contributed by atoms with Crippen molar-refractivity contribution in [2.24, 2.45) is 11.7 Å². The number of piperidine rings is 2. The maximum atomic E-state index is 13.0. The molecule has 2 aromatic carbocycles. The number of amides is 5. The molecule has 0 spiro atoms. The fourth-order valence-electron chi connectivity index (χ4n) is 6.22. The summed E-state index contributed by atoms with van der Waals surface area (Å²) in [7, 11) is 0. The van der Waals surface area contributed by atoms with Crippen molar-refractivity contribution in [2.75, 3.05) is 26.2 Å². The second kappa shape index (κ2) is 14.5. The molecule has 0 saturated carbocycles. The van der Waals surface area contributed by atoms with E-state index in [0.717, 1.165) is 36.0 Å². The summed E-state index contributed by atoms with van der Waals surface area (Å²) in [6, 6.07) is 11.1. The molecule has 1 unspecified atom stereocenters. The van der Waals surface area contributed by atoms with E-state index in [1.165, 1.54) is 4.90 Å². The summed E-state index contributed by atoms with van der Waals surface area (Å²) < 4.78 is 0. The lowest BCUT2D eigenvalue weighted by Crippen LogP contribution is -2.52. The van der Waals surface area contributed by atoms with Crippen LogP contribution >= 0.6 is 0 Å². The van der Waals surface area contributed by atoms with Crippen molar-refractivity contribution < 1.29 is 29.1 Å². The van der Waals surface area contributed by atoms with Crippen LogP contribution in [0.3, 0.4) is 0 Å². The van der Waals surface area contributed by atoms with Crippen LogP contribution in [0, 0.1) is 17.8 Å². The molecule has 2 fully saturated rings. The van der Waals surface area contributed by atoms with Gasteiger partial charge < -0.3 is 26.0 Å². The van der Waals surface area contributed by atoms with E-state index in [4.69, 9.17) is 10.8 Å². The molecule has 3 heterocycles. The Morgan fingerprint density at radius 2 is 1.82 bits per heavy atom. The molecular formula is C34H39N5O6. The van der Waals surface area contributed by atoms with Crippen molar-refractivity contribution in [1.82, 2.24) is 20.4 Å². The van der Waals surface area contributed by atoms with Gasteiger partial charge in [-0.1, -0.05) is 30.0 Å². The number of nitrogens with two attached hydrogens (primary N) is 1. The molecule has 3 aliphatic heterocycles. The van der Waals surface area contributed by atoms with E-state index in [9.17, 15) is 24.0 Å². The van der Waals surface area contributed by atoms with Crippen molar-refractivity contribution >= 4 is 29.5 Å². The number of benzene rings is 2. The van der Waals surface area contributed by atoms with Crippen LogP contribution in [-0.4, -0.2) is 82.8 Å². The summed E-state index contributed by atoms with van der Waals surface area (Å²) in [5.74, 6) is 5.67. The Morgan fingerprint density at radius 1 is 1.07 bits per heavy atom. The van der Waals surface area contributed by atoms with E-state index in [0.29, 0.717) is 55.9 Å². The number of fused-ring (bicyclic) bond motifs is 1. The summed E-state index contributed by atoms with van der Waals surface area (Å²) in [5, 5.41) is 13.8. The van der Waals surface area contributed by atoms with Gasteiger partial charge in [0, 0.05) is 55.7 Å². The van der Waals surface area contributed by atoms with Gasteiger partial charge in [0.2, 0.25) is 17.7 Å². The molecule has 2 atom stereocenters. The average Bonchev–Trinajstić information content (AvgIpc) is 3.38. The first-order valence-corrected chi connectivity index (χ1v) is 15.5. The number of imide groups is 1. The maximum absolute atomic E-state index is 13.0. The minimum absolute atomic E-state index is 0.0724. The standard InChI is InChI=1S/C34H39N5O6/c35-28(20-23-8-10-25(11-9-23)31(42)36-16-19-40)34(45)38-17-14-22(15-18-38)4-1-2-5-24-6-3-7-26-27(24)21-39(33(26)44)29-12-13-30(41)37-32(29)43/h3,6-11,22,28-29,40H,1,4,12-21,35H2,(H,36,42)(H,37,41,43)/t28-,29?/m0/s1. The van der Waals surface area contributed by atoms with Crippen LogP contribution in [-0.2, 0) is 27.3 Å². The summed E-state index contributed by atoms with van der Waals surface area (Å²) in [6.45, 7) is 1.67. The van der Waals surface area contributed by atoms with Crippen LogP contribution in [0.25, 0.3) is 0 Å². The van der Waals surface area contributed by atoms with E-state index in [-0.39, 0.29) is 43.2 Å². The zero-order valence-electron chi connectivity index (χ0n) is 25.2. The number of rotatable bonds is 9. The molecule has 2 aromatic rings. The molecule has 11 nitrogen and oxygen atoms in total. The zero-order chi connectivity index (χ0) is 31.9. The van der Waals surface area contributed by atoms with Crippen LogP contribution in [0.15, 0.2) is 42.5 Å². The lowest BCUT2D eigenvalue weighted by Gasteiger charge is -2.33. The van der Waals surface area contributed by atoms with Gasteiger partial charge in [0.1, 0.15) is 6.04 Å². The van der Waals surface area contributed by atoms with Gasteiger partial charge in [0.15, 0.2) is 0 Å². The third-order valence-corrected chi connectivity index (χ3v) is 8.80. The van der Waals surface area contributed by atoms with Crippen molar-refractivity contribution in [1.29, 1.82) is 0 Å². The molecule has 0 bridgehead atoms. The lowest BCUT2D eigenvalue weighted by molar-refractivity contribution is -0.137. The molecule has 5 amide bonds. The fraction of sp³-hybridized carbons (Fsp3) is 0.441. The number of hydrogen-bond donors (Lipinski definition) is 4. The molecule has 5 N–H and O–H groups in total. The van der Waals surface area contributed by atoms with Crippen LogP contribution in [0.4, 0.5) is 0 Å². The zero-order valence-corrected chi connectivity index (χ0v) is 25.2. The third kappa shape index (κ3) is 7.59. The summed E-state index contributed by atoms with van der Waals surface area (Å²) in [5.41, 5.74) is 9.79. The van der Waals surface area contributed by atoms with Gasteiger partial charge in [-0.05, 0) is 73.4 Å². The number of carbonyl (C=O) groups excluding carboxylic acids is 5. The SMILES string of the molecule is N[C@@H](Cc1ccc(C(=O)NCCO)cc1)C(=O)N1CCC(CCC#Cc2cccc3c2CN(C2CCC(=O)NC2=O)C3=O)CC1. The Hall–Kier alpha value is -4.53. The van der Waals surface area contributed by atoms with E-state index in [2.05, 4.69) is 22.5 Å². The lowest BCUT2D eigenvalue weighted by atomic mass is 9.91. The predicted octanol–water partition coefficient (Wildman–Crippen LogP) is 1.11. The van der Waals surface area contributed by atoms with E-state index in [1.807, 2.05) is 11.0 Å². The Bertz CT molecular complexity index is 1520. The van der Waals surface area contributed by atoms with Gasteiger partial charge in [0.25, 0.3) is 11.8 Å². The number of aliphatic hydroxyl groups is 1. The minimum Gasteiger partial charge on any atom is -0.395 e. The largest absolute Gasteiger partial charge is 0.395 e. The van der Waals surface area contributed by atoms with Gasteiger partial charge in [-0.2, -0.15) is 0 Å². The number of carbonyl (C=O) groups is 5. The Kier molecular flexibility index (Phi) is 10.3. The molecule has 2 saturated heterocycles. The van der Waals surface area contributed by atoms with Crippen LogP contribution in [0.2, 0.25) is 0 Å². The molecule has 3 aliphatic rings. The number of hydrogen-bond acceptors (Lipinski definition) is 7. The van der Waals surface area contributed by atoms with Gasteiger partial charge in [-0.15, -0.1) is 0 Å². The number of nitrogens with zero attached hydrogens (tertiary/aromatic N) is 2. The molecule has 5 rings (SSSR count). The molecule has 236 valence electrons. The van der Waals surface area contributed by atoms with Gasteiger partial charge >= 0.3 is 0 Å². The van der Waals surface area contributed by atoms with Crippen LogP contribution in [0.5, 0.6) is 0 Å². The molecule has 11 heteroatoms. The summed E-state index contributed by atoms with van der Waals surface area (Å²) in [4.78, 5) is 65.3. The number of aliphatic hydroxyl groups excluding tert-OH is 1. The fourth-order valence-corrected chi connectivity index (χ4v) is 6.22. The Labute approximate surface area is 262 Å². The first-order chi connectivity index (χ1) is 21.7. The molecule has 0 aliphatic carbocycles. The van der Waals surface area contributed by atoms with Crippen molar-refractivity contribution in [3.05, 3.63) is 70.3 Å². The van der Waals surface area contributed by atoms with E-state index >= 15 is 0 Å². The molecule has 0 aromatic heterocycles. The monoisotopic (exact) mass is 613 g/mol. The van der Waals surface area contributed by atoms with Crippen molar-refractivity contribution in [3.63, 3.8) is 0 Å². The van der Waals surface area contributed by atoms with Crippen LogP contribution in [0.1, 0.15) is 75.9 Å². The topological polar surface area (TPSA) is 162 Å². The molecule has 45 heavy (non-hydrogen) atoms.